The minimum atomic E-state index is -1.10. The Hall–Kier alpha value is -2.19. The summed E-state index contributed by atoms with van der Waals surface area (Å²) in [5.74, 6) is -2.34. The molecule has 0 aromatic heterocycles. The van der Waals surface area contributed by atoms with Gasteiger partial charge in [0.25, 0.3) is 0 Å². The van der Waals surface area contributed by atoms with Crippen molar-refractivity contribution in [1.29, 1.82) is 0 Å². The van der Waals surface area contributed by atoms with Crippen LogP contribution in [0.4, 0.5) is 0 Å². The molecule has 3 heterocycles. The molecule has 8 nitrogen and oxygen atoms in total. The Bertz CT molecular complexity index is 811. The lowest BCUT2D eigenvalue weighted by atomic mass is 9.70. The molecule has 3 saturated heterocycles. The smallest absolute Gasteiger partial charge is 0.312 e. The lowest BCUT2D eigenvalue weighted by molar-refractivity contribution is -0.157. The molecule has 2 unspecified atom stereocenters. The first-order valence-electron chi connectivity index (χ1n) is 12.4. The van der Waals surface area contributed by atoms with Gasteiger partial charge in [-0.15, -0.1) is 13.2 Å². The van der Waals surface area contributed by atoms with Crippen LogP contribution in [0.1, 0.15) is 53.4 Å². The number of hydrogen-bond donors (Lipinski definition) is 1. The number of rotatable bonds is 12. The number of aliphatic hydroxyl groups excluding tert-OH is 1. The number of amides is 2. The summed E-state index contributed by atoms with van der Waals surface area (Å²) in [5.41, 5.74) is -1.10. The second-order valence-electron chi connectivity index (χ2n) is 10.4. The summed E-state index contributed by atoms with van der Waals surface area (Å²) in [7, 11) is 0. The van der Waals surface area contributed by atoms with E-state index in [4.69, 9.17) is 9.47 Å². The van der Waals surface area contributed by atoms with Gasteiger partial charge in [-0.1, -0.05) is 26.0 Å². The molecule has 2 bridgehead atoms. The molecule has 0 aromatic carbocycles. The van der Waals surface area contributed by atoms with E-state index in [-0.39, 0.29) is 37.0 Å². The van der Waals surface area contributed by atoms with E-state index in [1.807, 2.05) is 27.7 Å². The fourth-order valence-electron chi connectivity index (χ4n) is 6.04. The number of hydrogen-bond acceptors (Lipinski definition) is 6. The van der Waals surface area contributed by atoms with Crippen LogP contribution in [-0.4, -0.2) is 82.3 Å². The molecular weight excluding hydrogens is 436 g/mol. The van der Waals surface area contributed by atoms with Crippen LogP contribution in [0.5, 0.6) is 0 Å². The van der Waals surface area contributed by atoms with Crippen LogP contribution in [0.2, 0.25) is 0 Å². The highest BCUT2D eigenvalue weighted by Crippen LogP contribution is 2.59. The van der Waals surface area contributed by atoms with Crippen molar-refractivity contribution in [2.75, 3.05) is 19.8 Å². The van der Waals surface area contributed by atoms with Gasteiger partial charge in [0.05, 0.1) is 37.2 Å². The van der Waals surface area contributed by atoms with E-state index in [0.29, 0.717) is 32.2 Å². The van der Waals surface area contributed by atoms with Gasteiger partial charge < -0.3 is 24.4 Å². The quantitative estimate of drug-likeness (QED) is 0.264. The van der Waals surface area contributed by atoms with E-state index < -0.39 is 41.6 Å². The lowest BCUT2D eigenvalue weighted by Gasteiger charge is -2.40. The van der Waals surface area contributed by atoms with Crippen molar-refractivity contribution in [1.82, 2.24) is 9.80 Å². The number of ether oxygens (including phenoxy) is 2. The van der Waals surface area contributed by atoms with Gasteiger partial charge in [-0.05, 0) is 45.4 Å². The molecule has 0 radical (unpaired) electrons. The number of likely N-dealkylation sites (tertiary alicyclic amines) is 1. The molecule has 190 valence electrons. The van der Waals surface area contributed by atoms with Crippen LogP contribution in [0, 0.1) is 17.8 Å². The molecule has 34 heavy (non-hydrogen) atoms. The monoisotopic (exact) mass is 476 g/mol. The van der Waals surface area contributed by atoms with E-state index in [1.54, 1.807) is 17.1 Å². The lowest BCUT2D eigenvalue weighted by Crippen LogP contribution is -2.59. The predicted molar refractivity (Wildman–Crippen MR) is 128 cm³/mol. The number of nitrogens with zero attached hydrogens (tertiary/aromatic N) is 2. The molecule has 3 fully saturated rings. The van der Waals surface area contributed by atoms with Crippen molar-refractivity contribution in [2.24, 2.45) is 17.8 Å². The van der Waals surface area contributed by atoms with Crippen LogP contribution in [0.3, 0.4) is 0 Å². The largest absolute Gasteiger partial charge is 0.465 e. The fourth-order valence-corrected chi connectivity index (χ4v) is 6.04. The molecule has 1 spiro atoms. The molecule has 0 saturated carbocycles. The average Bonchev–Trinajstić information content (AvgIpc) is 3.42. The molecular formula is C26H40N2O6. The molecule has 1 N–H and O–H groups in total. The van der Waals surface area contributed by atoms with Crippen molar-refractivity contribution in [3.63, 3.8) is 0 Å². The minimum absolute atomic E-state index is 0.117. The Morgan fingerprint density at radius 2 is 2.00 bits per heavy atom. The normalized spacial score (nSPS) is 30.6. The number of esters is 1. The fraction of sp³-hybridized carbons (Fsp3) is 0.731. The second-order valence-corrected chi connectivity index (χ2v) is 10.4. The summed E-state index contributed by atoms with van der Waals surface area (Å²) in [6.07, 6.45) is 5.03. The minimum Gasteiger partial charge on any atom is -0.465 e. The molecule has 3 aliphatic heterocycles. The molecule has 6 atom stereocenters. The maximum atomic E-state index is 14.0. The topological polar surface area (TPSA) is 96.4 Å². The number of fused-ring (bicyclic) bond motifs is 1. The second kappa shape index (κ2) is 10.6. The van der Waals surface area contributed by atoms with E-state index in [0.717, 1.165) is 0 Å². The molecule has 2 amide bonds. The van der Waals surface area contributed by atoms with E-state index in [2.05, 4.69) is 13.2 Å². The Morgan fingerprint density at radius 3 is 2.56 bits per heavy atom. The third-order valence-electron chi connectivity index (χ3n) is 7.39. The molecule has 3 rings (SSSR count). The summed E-state index contributed by atoms with van der Waals surface area (Å²) in [4.78, 5) is 44.3. The van der Waals surface area contributed by atoms with Crippen molar-refractivity contribution in [2.45, 2.75) is 83.2 Å². The third kappa shape index (κ3) is 4.42. The van der Waals surface area contributed by atoms with Crippen molar-refractivity contribution < 1.29 is 29.0 Å². The van der Waals surface area contributed by atoms with Gasteiger partial charge in [-0.25, -0.2) is 0 Å². The van der Waals surface area contributed by atoms with E-state index >= 15 is 0 Å². The zero-order valence-corrected chi connectivity index (χ0v) is 20.9. The van der Waals surface area contributed by atoms with Crippen LogP contribution in [0.25, 0.3) is 0 Å². The number of carbonyl (C=O) groups excluding carboxylic acids is 3. The average molecular weight is 477 g/mol. The number of carbonyl (C=O) groups is 3. The summed E-state index contributed by atoms with van der Waals surface area (Å²) in [6.45, 7) is 15.6. The zero-order valence-electron chi connectivity index (χ0n) is 20.9. The van der Waals surface area contributed by atoms with Gasteiger partial charge in [0.2, 0.25) is 11.8 Å². The van der Waals surface area contributed by atoms with Crippen LogP contribution < -0.4 is 0 Å². The highest BCUT2D eigenvalue weighted by atomic mass is 16.6. The van der Waals surface area contributed by atoms with Crippen molar-refractivity contribution in [3.05, 3.63) is 25.3 Å². The first kappa shape index (κ1) is 26.4. The highest BCUT2D eigenvalue weighted by molar-refractivity contribution is 5.98. The summed E-state index contributed by atoms with van der Waals surface area (Å²) < 4.78 is 11.9. The maximum absolute atomic E-state index is 14.0. The SMILES string of the molecule is C=CCCOC(=O)[C@@H]1[C@@H]2CCC3(O2)C(C(=O)N(CC=C)C(C)C)N([C@@H](CO)CC(C)C)C(=O)[C@H]13. The Balaban J connectivity index is 2.05. The molecule has 0 aromatic rings. The van der Waals surface area contributed by atoms with Crippen LogP contribution in [-0.2, 0) is 23.9 Å². The van der Waals surface area contributed by atoms with Gasteiger partial charge in [0.1, 0.15) is 11.6 Å². The van der Waals surface area contributed by atoms with Gasteiger partial charge in [0, 0.05) is 12.6 Å². The standard InChI is InChI=1S/C26H40N2O6/c1-7-9-13-33-25(32)20-19-10-11-26(34-19)21(20)23(30)28(18(15-29)14-16(3)4)22(26)24(31)27(12-8-2)17(5)6/h7-8,16-22,29H,1-2,9-15H2,3-6H3/t18-,19+,20-,21+,22?,26?/m1/s1. The zero-order chi connectivity index (χ0) is 25.2. The Morgan fingerprint density at radius 1 is 1.29 bits per heavy atom. The first-order valence-corrected chi connectivity index (χ1v) is 12.4. The summed E-state index contributed by atoms with van der Waals surface area (Å²) >= 11 is 0. The molecule has 0 aliphatic carbocycles. The van der Waals surface area contributed by atoms with Gasteiger partial charge >= 0.3 is 5.97 Å². The Labute approximate surface area is 202 Å². The maximum Gasteiger partial charge on any atom is 0.312 e. The van der Waals surface area contributed by atoms with Crippen LogP contribution >= 0.6 is 0 Å². The molecule has 3 aliphatic rings. The summed E-state index contributed by atoms with van der Waals surface area (Å²) in [6, 6.07) is -1.56. The molecule has 8 heteroatoms. The highest BCUT2D eigenvalue weighted by Gasteiger charge is 2.75. The first-order chi connectivity index (χ1) is 16.1. The van der Waals surface area contributed by atoms with E-state index in [1.165, 1.54) is 4.90 Å². The van der Waals surface area contributed by atoms with Gasteiger partial charge in [-0.2, -0.15) is 0 Å². The van der Waals surface area contributed by atoms with Crippen molar-refractivity contribution >= 4 is 17.8 Å². The van der Waals surface area contributed by atoms with Gasteiger partial charge in [0.15, 0.2) is 0 Å². The van der Waals surface area contributed by atoms with E-state index in [9.17, 15) is 19.5 Å². The van der Waals surface area contributed by atoms with Crippen LogP contribution in [0.15, 0.2) is 25.3 Å². The van der Waals surface area contributed by atoms with Crippen molar-refractivity contribution in [3.8, 4) is 0 Å². The van der Waals surface area contributed by atoms with Gasteiger partial charge in [-0.3, -0.25) is 14.4 Å². The third-order valence-corrected chi connectivity index (χ3v) is 7.39. The Kier molecular flexibility index (Phi) is 8.24. The number of aliphatic hydroxyl groups is 1. The summed E-state index contributed by atoms with van der Waals surface area (Å²) in [5, 5.41) is 10.3. The predicted octanol–water partition coefficient (Wildman–Crippen LogP) is 2.31.